The fourth-order valence-electron chi connectivity index (χ4n) is 2.24. The smallest absolute Gasteiger partial charge is 0.231 e. The van der Waals surface area contributed by atoms with E-state index >= 15 is 0 Å². The van der Waals surface area contributed by atoms with E-state index in [1.807, 2.05) is 36.4 Å². The summed E-state index contributed by atoms with van der Waals surface area (Å²) in [7, 11) is 3.23. The molecule has 120 valence electrons. The van der Waals surface area contributed by atoms with E-state index in [-0.39, 0.29) is 6.79 Å². The highest BCUT2D eigenvalue weighted by Gasteiger charge is 2.12. The first-order valence-corrected chi connectivity index (χ1v) is 7.16. The minimum absolute atomic E-state index is 0.271. The predicted molar refractivity (Wildman–Crippen MR) is 86.5 cm³/mol. The number of hydrazone groups is 1. The van der Waals surface area contributed by atoms with Crippen LogP contribution in [0.5, 0.6) is 23.0 Å². The first kappa shape index (κ1) is 15.0. The maximum absolute atomic E-state index is 5.33. The van der Waals surface area contributed by atoms with E-state index in [9.17, 15) is 0 Å². The van der Waals surface area contributed by atoms with Gasteiger partial charge in [-0.3, -0.25) is 0 Å². The molecule has 0 amide bonds. The Bertz CT molecular complexity index is 716. The molecule has 0 unspecified atom stereocenters. The zero-order chi connectivity index (χ0) is 16.1. The largest absolute Gasteiger partial charge is 0.493 e. The second-order valence-corrected chi connectivity index (χ2v) is 4.90. The highest BCUT2D eigenvalue weighted by molar-refractivity contribution is 5.80. The van der Waals surface area contributed by atoms with Crippen molar-refractivity contribution < 1.29 is 18.9 Å². The van der Waals surface area contributed by atoms with Crippen LogP contribution in [-0.2, 0) is 6.54 Å². The Morgan fingerprint density at radius 1 is 1.04 bits per heavy atom. The van der Waals surface area contributed by atoms with Crippen LogP contribution in [0.2, 0.25) is 0 Å². The fourth-order valence-corrected chi connectivity index (χ4v) is 2.24. The lowest BCUT2D eigenvalue weighted by Crippen LogP contribution is -2.06. The SMILES string of the molecule is COc1ccc(CN/N=C\c2ccc3c(c2)OCO3)cc1OC. The average Bonchev–Trinajstić information content (AvgIpc) is 3.06. The van der Waals surface area contributed by atoms with Gasteiger partial charge < -0.3 is 24.4 Å². The second-order valence-electron chi connectivity index (χ2n) is 4.90. The molecule has 6 heteroatoms. The number of nitrogens with zero attached hydrogens (tertiary/aromatic N) is 1. The van der Waals surface area contributed by atoms with Crippen molar-refractivity contribution in [3.8, 4) is 23.0 Å². The van der Waals surface area contributed by atoms with Crippen LogP contribution in [0.3, 0.4) is 0 Å². The van der Waals surface area contributed by atoms with Gasteiger partial charge in [0, 0.05) is 0 Å². The van der Waals surface area contributed by atoms with E-state index in [0.29, 0.717) is 18.0 Å². The monoisotopic (exact) mass is 314 g/mol. The lowest BCUT2D eigenvalue weighted by atomic mass is 10.2. The maximum Gasteiger partial charge on any atom is 0.231 e. The molecule has 0 radical (unpaired) electrons. The third-order valence-electron chi connectivity index (χ3n) is 3.43. The van der Waals surface area contributed by atoms with E-state index in [1.165, 1.54) is 0 Å². The van der Waals surface area contributed by atoms with Gasteiger partial charge in [0.15, 0.2) is 23.0 Å². The molecule has 0 aromatic heterocycles. The van der Waals surface area contributed by atoms with Crippen LogP contribution in [0, 0.1) is 0 Å². The molecule has 0 bridgehead atoms. The summed E-state index contributed by atoms with van der Waals surface area (Å²) in [6.45, 7) is 0.856. The lowest BCUT2D eigenvalue weighted by Gasteiger charge is -2.09. The molecule has 1 heterocycles. The van der Waals surface area contributed by atoms with Crippen LogP contribution in [0.25, 0.3) is 0 Å². The number of ether oxygens (including phenoxy) is 4. The third-order valence-corrected chi connectivity index (χ3v) is 3.43. The number of hydrogen-bond donors (Lipinski definition) is 1. The number of methoxy groups -OCH3 is 2. The van der Waals surface area contributed by atoms with Crippen LogP contribution < -0.4 is 24.4 Å². The van der Waals surface area contributed by atoms with Crippen molar-refractivity contribution in [3.05, 3.63) is 47.5 Å². The van der Waals surface area contributed by atoms with E-state index in [0.717, 1.165) is 22.6 Å². The Morgan fingerprint density at radius 2 is 1.87 bits per heavy atom. The summed E-state index contributed by atoms with van der Waals surface area (Å²) in [5, 5.41) is 4.22. The number of nitrogens with one attached hydrogen (secondary N) is 1. The van der Waals surface area contributed by atoms with Crippen molar-refractivity contribution in [2.45, 2.75) is 6.54 Å². The van der Waals surface area contributed by atoms with Crippen molar-refractivity contribution in [2.75, 3.05) is 21.0 Å². The number of fused-ring (bicyclic) bond motifs is 1. The van der Waals surface area contributed by atoms with Crippen LogP contribution in [-0.4, -0.2) is 27.2 Å². The molecule has 0 aliphatic carbocycles. The standard InChI is InChI=1S/C17H18N2O4/c1-20-14-5-3-12(7-16(14)21-2)9-18-19-10-13-4-6-15-17(8-13)23-11-22-15/h3-8,10,18H,9,11H2,1-2H3/b19-10-. The van der Waals surface area contributed by atoms with Gasteiger partial charge in [0.1, 0.15) is 0 Å². The number of rotatable bonds is 6. The molecule has 23 heavy (non-hydrogen) atoms. The van der Waals surface area contributed by atoms with E-state index in [2.05, 4.69) is 10.5 Å². The Labute approximate surface area is 134 Å². The Hall–Kier alpha value is -2.89. The summed E-state index contributed by atoms with van der Waals surface area (Å²) in [4.78, 5) is 0. The molecule has 1 aliphatic rings. The molecular weight excluding hydrogens is 296 g/mol. The van der Waals surface area contributed by atoms with Crippen molar-refractivity contribution >= 4 is 6.21 Å². The predicted octanol–water partition coefficient (Wildman–Crippen LogP) is 2.56. The van der Waals surface area contributed by atoms with Gasteiger partial charge in [-0.25, -0.2) is 0 Å². The van der Waals surface area contributed by atoms with Crippen LogP contribution >= 0.6 is 0 Å². The minimum Gasteiger partial charge on any atom is -0.493 e. The molecular formula is C17H18N2O4. The molecule has 0 fully saturated rings. The fraction of sp³-hybridized carbons (Fsp3) is 0.235. The third kappa shape index (κ3) is 3.48. The van der Waals surface area contributed by atoms with E-state index < -0.39 is 0 Å². The summed E-state index contributed by atoms with van der Waals surface area (Å²) in [6.07, 6.45) is 1.74. The molecule has 2 aromatic carbocycles. The lowest BCUT2D eigenvalue weighted by molar-refractivity contribution is 0.174. The molecule has 3 rings (SSSR count). The normalized spacial score (nSPS) is 12.4. The van der Waals surface area contributed by atoms with Gasteiger partial charge in [-0.1, -0.05) is 6.07 Å². The molecule has 1 N–H and O–H groups in total. The molecule has 0 atom stereocenters. The summed E-state index contributed by atoms with van der Waals surface area (Å²) in [5.74, 6) is 2.92. The summed E-state index contributed by atoms with van der Waals surface area (Å²) in [5.41, 5.74) is 4.99. The minimum atomic E-state index is 0.271. The van der Waals surface area contributed by atoms with Gasteiger partial charge in [-0.05, 0) is 41.5 Å². The van der Waals surface area contributed by atoms with Gasteiger partial charge in [0.2, 0.25) is 6.79 Å². The van der Waals surface area contributed by atoms with Gasteiger partial charge in [0.25, 0.3) is 0 Å². The van der Waals surface area contributed by atoms with Crippen molar-refractivity contribution in [1.29, 1.82) is 0 Å². The summed E-state index contributed by atoms with van der Waals surface area (Å²) >= 11 is 0. The van der Waals surface area contributed by atoms with Crippen LogP contribution in [0.1, 0.15) is 11.1 Å². The molecule has 6 nitrogen and oxygen atoms in total. The molecule has 0 saturated carbocycles. The molecule has 2 aromatic rings. The Kier molecular flexibility index (Phi) is 4.52. The maximum atomic E-state index is 5.33. The van der Waals surface area contributed by atoms with E-state index in [4.69, 9.17) is 18.9 Å². The van der Waals surface area contributed by atoms with Crippen molar-refractivity contribution in [3.63, 3.8) is 0 Å². The molecule has 0 spiro atoms. The topological polar surface area (TPSA) is 61.3 Å². The number of benzene rings is 2. The molecule has 0 saturated heterocycles. The molecule has 1 aliphatic heterocycles. The zero-order valence-corrected chi connectivity index (χ0v) is 13.0. The Morgan fingerprint density at radius 3 is 2.70 bits per heavy atom. The van der Waals surface area contributed by atoms with Crippen molar-refractivity contribution in [2.24, 2.45) is 5.10 Å². The number of hydrogen-bond acceptors (Lipinski definition) is 6. The zero-order valence-electron chi connectivity index (χ0n) is 13.0. The highest BCUT2D eigenvalue weighted by atomic mass is 16.7. The van der Waals surface area contributed by atoms with Crippen molar-refractivity contribution in [1.82, 2.24) is 5.43 Å². The van der Waals surface area contributed by atoms with Crippen LogP contribution in [0.15, 0.2) is 41.5 Å². The van der Waals surface area contributed by atoms with Crippen LogP contribution in [0.4, 0.5) is 0 Å². The van der Waals surface area contributed by atoms with Gasteiger partial charge in [-0.2, -0.15) is 5.10 Å². The average molecular weight is 314 g/mol. The van der Waals surface area contributed by atoms with Gasteiger partial charge in [0.05, 0.1) is 27.0 Å². The highest BCUT2D eigenvalue weighted by Crippen LogP contribution is 2.32. The van der Waals surface area contributed by atoms with Gasteiger partial charge >= 0.3 is 0 Å². The summed E-state index contributed by atoms with van der Waals surface area (Å²) in [6, 6.07) is 11.4. The second kappa shape index (κ2) is 6.91. The first-order valence-electron chi connectivity index (χ1n) is 7.16. The van der Waals surface area contributed by atoms with Gasteiger partial charge in [-0.15, -0.1) is 0 Å². The van der Waals surface area contributed by atoms with E-state index in [1.54, 1.807) is 20.4 Å². The quantitative estimate of drug-likeness (QED) is 0.656. The first-order chi connectivity index (χ1) is 11.3. The Balaban J connectivity index is 1.58. The summed E-state index contributed by atoms with van der Waals surface area (Å²) < 4.78 is 21.1.